The Hall–Kier alpha value is -1.36. The van der Waals surface area contributed by atoms with Crippen molar-refractivity contribution in [2.45, 2.75) is 39.2 Å². The summed E-state index contributed by atoms with van der Waals surface area (Å²) < 4.78 is 1.73. The molecule has 8 nitrogen and oxygen atoms in total. The van der Waals surface area contributed by atoms with E-state index in [9.17, 15) is 4.79 Å². The van der Waals surface area contributed by atoms with E-state index in [1.54, 1.807) is 10.9 Å². The lowest BCUT2D eigenvalue weighted by atomic mass is 10.0. The minimum atomic E-state index is 0. The van der Waals surface area contributed by atoms with Crippen LogP contribution in [0.2, 0.25) is 0 Å². The number of aryl methyl sites for hydroxylation is 1. The summed E-state index contributed by atoms with van der Waals surface area (Å²) in [6, 6.07) is 0.518. The molecule has 0 spiro atoms. The van der Waals surface area contributed by atoms with Crippen LogP contribution in [0.3, 0.4) is 0 Å². The smallest absolute Gasteiger partial charge is 0.246 e. The highest BCUT2D eigenvalue weighted by atomic mass is 127. The zero-order chi connectivity index (χ0) is 19.2. The minimum absolute atomic E-state index is 0. The summed E-state index contributed by atoms with van der Waals surface area (Å²) >= 11 is 0. The van der Waals surface area contributed by atoms with Gasteiger partial charge in [0.2, 0.25) is 5.91 Å². The lowest BCUT2D eigenvalue weighted by Crippen LogP contribution is -2.55. The van der Waals surface area contributed by atoms with Crippen molar-refractivity contribution in [3.05, 3.63) is 12.4 Å². The van der Waals surface area contributed by atoms with Gasteiger partial charge in [-0.1, -0.05) is 13.3 Å². The van der Waals surface area contributed by atoms with E-state index in [2.05, 4.69) is 34.1 Å². The van der Waals surface area contributed by atoms with E-state index in [1.165, 1.54) is 25.8 Å². The predicted octanol–water partition coefficient (Wildman–Crippen LogP) is 1.53. The summed E-state index contributed by atoms with van der Waals surface area (Å²) in [6.45, 7) is 9.93. The number of amides is 1. The molecule has 1 atom stereocenters. The molecule has 28 heavy (non-hydrogen) atoms. The summed E-state index contributed by atoms with van der Waals surface area (Å²) in [4.78, 5) is 24.0. The molecule has 0 radical (unpaired) electrons. The first-order valence-electron chi connectivity index (χ1n) is 10.2. The third kappa shape index (κ3) is 5.59. The van der Waals surface area contributed by atoms with E-state index in [0.29, 0.717) is 19.1 Å². The molecule has 1 N–H and O–H groups in total. The first kappa shape index (κ1) is 22.9. The van der Waals surface area contributed by atoms with Crippen LogP contribution < -0.4 is 10.2 Å². The highest BCUT2D eigenvalue weighted by molar-refractivity contribution is 14.0. The largest absolute Gasteiger partial charge is 0.357 e. The molecular weight excluding hydrogens is 469 g/mol. The van der Waals surface area contributed by atoms with Gasteiger partial charge in [-0.15, -0.1) is 24.0 Å². The van der Waals surface area contributed by atoms with E-state index in [4.69, 9.17) is 4.99 Å². The van der Waals surface area contributed by atoms with Crippen LogP contribution in [0.15, 0.2) is 17.4 Å². The third-order valence-electron chi connectivity index (χ3n) is 5.47. The molecule has 1 aromatic rings. The number of hydrogen-bond acceptors (Lipinski definition) is 4. The van der Waals surface area contributed by atoms with E-state index in [0.717, 1.165) is 37.8 Å². The molecule has 9 heteroatoms. The van der Waals surface area contributed by atoms with Gasteiger partial charge in [-0.05, 0) is 32.9 Å². The number of carbonyl (C=O) groups is 1. The van der Waals surface area contributed by atoms with Gasteiger partial charge in [0, 0.05) is 38.9 Å². The van der Waals surface area contributed by atoms with Crippen LogP contribution >= 0.6 is 24.0 Å². The van der Waals surface area contributed by atoms with Gasteiger partial charge in [0.15, 0.2) is 5.96 Å². The van der Waals surface area contributed by atoms with Crippen molar-refractivity contribution in [3.63, 3.8) is 0 Å². The van der Waals surface area contributed by atoms with Crippen LogP contribution in [-0.4, -0.2) is 83.3 Å². The van der Waals surface area contributed by atoms with E-state index < -0.39 is 0 Å². The molecule has 158 valence electrons. The quantitative estimate of drug-likeness (QED) is 0.375. The van der Waals surface area contributed by atoms with Crippen LogP contribution in [0.25, 0.3) is 0 Å². The lowest BCUT2D eigenvalue weighted by molar-refractivity contribution is -0.120. The van der Waals surface area contributed by atoms with Crippen molar-refractivity contribution in [1.29, 1.82) is 0 Å². The second kappa shape index (κ2) is 11.0. The molecule has 0 bridgehead atoms. The van der Waals surface area contributed by atoms with E-state index in [-0.39, 0.29) is 29.9 Å². The summed E-state index contributed by atoms with van der Waals surface area (Å²) in [6.07, 6.45) is 7.42. The number of aromatic nitrogens is 2. The van der Waals surface area contributed by atoms with Crippen molar-refractivity contribution < 1.29 is 4.79 Å². The van der Waals surface area contributed by atoms with Gasteiger partial charge >= 0.3 is 0 Å². The summed E-state index contributed by atoms with van der Waals surface area (Å²) in [5.74, 6) is 0.950. The molecule has 2 saturated heterocycles. The Morgan fingerprint density at radius 1 is 1.29 bits per heavy atom. The molecule has 2 fully saturated rings. The number of piperidine rings is 1. The van der Waals surface area contributed by atoms with Crippen molar-refractivity contribution in [2.75, 3.05) is 50.7 Å². The monoisotopic (exact) mass is 503 g/mol. The number of rotatable bonds is 5. The number of nitrogens with one attached hydrogen (secondary N) is 1. The fraction of sp³-hybridized carbons (Fsp3) is 0.737. The number of guanidine groups is 1. The van der Waals surface area contributed by atoms with Crippen LogP contribution in [0.5, 0.6) is 0 Å². The molecular formula is C19H34IN7O. The zero-order valence-electron chi connectivity index (χ0n) is 17.3. The Balaban J connectivity index is 0.00000280. The molecule has 1 unspecified atom stereocenters. The number of aliphatic imine (C=N–C) groups is 1. The van der Waals surface area contributed by atoms with Crippen molar-refractivity contribution >= 4 is 41.5 Å². The van der Waals surface area contributed by atoms with E-state index >= 15 is 0 Å². The molecule has 1 amide bonds. The number of nitrogens with zero attached hydrogens (tertiary/aromatic N) is 6. The molecule has 0 aliphatic carbocycles. The number of halogens is 1. The Morgan fingerprint density at radius 2 is 2.11 bits per heavy atom. The zero-order valence-corrected chi connectivity index (χ0v) is 19.6. The highest BCUT2D eigenvalue weighted by Gasteiger charge is 2.28. The fourth-order valence-corrected chi connectivity index (χ4v) is 3.98. The summed E-state index contributed by atoms with van der Waals surface area (Å²) in [5.41, 5.74) is 0.866. The second-order valence-corrected chi connectivity index (χ2v) is 7.31. The maximum Gasteiger partial charge on any atom is 0.246 e. The lowest BCUT2D eigenvalue weighted by Gasteiger charge is -2.36. The van der Waals surface area contributed by atoms with Gasteiger partial charge in [0.1, 0.15) is 6.54 Å². The van der Waals surface area contributed by atoms with Gasteiger partial charge < -0.3 is 15.1 Å². The third-order valence-corrected chi connectivity index (χ3v) is 5.47. The molecule has 3 heterocycles. The molecule has 0 aromatic carbocycles. The average Bonchev–Trinajstić information content (AvgIpc) is 3.11. The number of hydrogen-bond donors (Lipinski definition) is 1. The maximum absolute atomic E-state index is 12.7. The summed E-state index contributed by atoms with van der Waals surface area (Å²) in [5, 5.41) is 7.55. The maximum atomic E-state index is 12.7. The number of piperazine rings is 1. The molecule has 2 aliphatic rings. The second-order valence-electron chi connectivity index (χ2n) is 7.31. The van der Waals surface area contributed by atoms with Crippen LogP contribution in [0.4, 0.5) is 5.69 Å². The highest BCUT2D eigenvalue weighted by Crippen LogP contribution is 2.18. The SMILES string of the molecule is CCNC(=NCC1CCCCN1CC)N1CCN(c2cnn(C)c2)C(=O)C1.I. The first-order valence-corrected chi connectivity index (χ1v) is 10.2. The number of likely N-dealkylation sites (tertiary alicyclic amines) is 1. The number of likely N-dealkylation sites (N-methyl/N-ethyl adjacent to an activating group) is 1. The topological polar surface area (TPSA) is 69.0 Å². The van der Waals surface area contributed by atoms with Crippen LogP contribution in [-0.2, 0) is 11.8 Å². The Morgan fingerprint density at radius 3 is 2.75 bits per heavy atom. The number of carbonyl (C=O) groups excluding carboxylic acids is 1. The standard InChI is InChI=1S/C19H33N7O.HI/c1-4-20-19(21-12-16-8-6-7-9-24(16)5-2)25-10-11-26(18(27)15-25)17-13-22-23(3)14-17;/h13-14,16H,4-12,15H2,1-3H3,(H,20,21);1H. The normalized spacial score (nSPS) is 21.6. The Kier molecular flexibility index (Phi) is 9.00. The van der Waals surface area contributed by atoms with Crippen LogP contribution in [0.1, 0.15) is 33.1 Å². The van der Waals surface area contributed by atoms with E-state index in [1.807, 2.05) is 18.1 Å². The van der Waals surface area contributed by atoms with Crippen LogP contribution in [0, 0.1) is 0 Å². The van der Waals surface area contributed by atoms with Gasteiger partial charge in [0.05, 0.1) is 18.4 Å². The van der Waals surface area contributed by atoms with Gasteiger partial charge in [0.25, 0.3) is 0 Å². The molecule has 2 aliphatic heterocycles. The molecule has 0 saturated carbocycles. The van der Waals surface area contributed by atoms with Gasteiger partial charge in [-0.3, -0.25) is 19.4 Å². The first-order chi connectivity index (χ1) is 13.1. The summed E-state index contributed by atoms with van der Waals surface area (Å²) in [7, 11) is 1.87. The minimum Gasteiger partial charge on any atom is -0.357 e. The molecule has 1 aromatic heterocycles. The average molecular weight is 503 g/mol. The van der Waals surface area contributed by atoms with Crippen molar-refractivity contribution in [2.24, 2.45) is 12.0 Å². The Bertz CT molecular complexity index is 662. The van der Waals surface area contributed by atoms with Gasteiger partial charge in [-0.2, -0.15) is 5.10 Å². The van der Waals surface area contributed by atoms with Crippen molar-refractivity contribution in [1.82, 2.24) is 24.9 Å². The number of anilines is 1. The van der Waals surface area contributed by atoms with Gasteiger partial charge in [-0.25, -0.2) is 0 Å². The molecule has 3 rings (SSSR count). The Labute approximate surface area is 185 Å². The predicted molar refractivity (Wildman–Crippen MR) is 123 cm³/mol. The van der Waals surface area contributed by atoms with Crippen molar-refractivity contribution in [3.8, 4) is 0 Å². The fourth-order valence-electron chi connectivity index (χ4n) is 3.98.